The number of hydrogen-bond donors (Lipinski definition) is 0. The topological polar surface area (TPSA) is 86.9 Å². The summed E-state index contributed by atoms with van der Waals surface area (Å²) in [4.78, 5) is 21.1. The number of alkyl halides is 3. The van der Waals surface area contributed by atoms with Gasteiger partial charge >= 0.3 is 12.1 Å². The van der Waals surface area contributed by atoms with Crippen LogP contribution in [0.4, 0.5) is 17.6 Å². The van der Waals surface area contributed by atoms with Crippen molar-refractivity contribution in [1.82, 2.24) is 15.2 Å². The number of aromatic nitrogens is 2. The Morgan fingerprint density at radius 2 is 2.13 bits per heavy atom. The van der Waals surface area contributed by atoms with Crippen LogP contribution in [0.1, 0.15) is 42.4 Å². The highest BCUT2D eigenvalue weighted by Crippen LogP contribution is 2.30. The number of amides is 1. The number of hydroxylamine groups is 2. The summed E-state index contributed by atoms with van der Waals surface area (Å²) in [5, 5.41) is 4.15. The van der Waals surface area contributed by atoms with Gasteiger partial charge in [0.05, 0.1) is 25.3 Å². The van der Waals surface area contributed by atoms with Crippen LogP contribution in [0.5, 0.6) is 0 Å². The maximum Gasteiger partial charge on any atom is 0.471 e. The lowest BCUT2D eigenvalue weighted by Crippen LogP contribution is -2.42. The van der Waals surface area contributed by atoms with E-state index in [0.717, 1.165) is 36.5 Å². The Hall–Kier alpha value is -2.57. The fourth-order valence-electron chi connectivity index (χ4n) is 3.02. The number of halogens is 4. The molecular formula is C19H21F4N3O5. The molecule has 0 radical (unpaired) electrons. The molecule has 2 heterocycles. The average molecular weight is 447 g/mol. The molecule has 3 rings (SSSR count). The lowest BCUT2D eigenvalue weighted by Gasteiger charge is -2.29. The second kappa shape index (κ2) is 9.71. The van der Waals surface area contributed by atoms with Crippen LogP contribution in [0.15, 0.2) is 22.7 Å². The van der Waals surface area contributed by atoms with Crippen molar-refractivity contribution in [2.45, 2.75) is 44.7 Å². The van der Waals surface area contributed by atoms with Gasteiger partial charge in [-0.05, 0) is 38.3 Å². The molecule has 1 aromatic heterocycles. The van der Waals surface area contributed by atoms with Gasteiger partial charge in [0.25, 0.3) is 5.91 Å². The van der Waals surface area contributed by atoms with Gasteiger partial charge in [-0.2, -0.15) is 18.2 Å². The van der Waals surface area contributed by atoms with Gasteiger partial charge in [-0.3, -0.25) is 9.63 Å². The lowest BCUT2D eigenvalue weighted by atomic mass is 10.1. The van der Waals surface area contributed by atoms with Crippen LogP contribution in [0.2, 0.25) is 0 Å². The summed E-state index contributed by atoms with van der Waals surface area (Å²) >= 11 is 0. The molecule has 0 bridgehead atoms. The number of nitrogens with zero attached hydrogens (tertiary/aromatic N) is 3. The summed E-state index contributed by atoms with van der Waals surface area (Å²) in [5.74, 6) is -3.77. The second-order valence-electron chi connectivity index (χ2n) is 6.91. The molecule has 2 aromatic rings. The predicted molar refractivity (Wildman–Crippen MR) is 96.9 cm³/mol. The Balaban J connectivity index is 1.70. The van der Waals surface area contributed by atoms with Crippen molar-refractivity contribution in [3.05, 3.63) is 35.5 Å². The molecule has 170 valence electrons. The van der Waals surface area contributed by atoms with Crippen molar-refractivity contribution in [1.29, 1.82) is 0 Å². The highest BCUT2D eigenvalue weighted by Gasteiger charge is 2.38. The lowest BCUT2D eigenvalue weighted by molar-refractivity contribution is -0.190. The van der Waals surface area contributed by atoms with E-state index < -0.39 is 35.7 Å². The summed E-state index contributed by atoms with van der Waals surface area (Å²) in [6.45, 7) is 2.37. The molecule has 31 heavy (non-hydrogen) atoms. The minimum absolute atomic E-state index is 0.0805. The highest BCUT2D eigenvalue weighted by molar-refractivity contribution is 5.94. The van der Waals surface area contributed by atoms with Crippen molar-refractivity contribution < 1.29 is 41.2 Å². The molecule has 1 fully saturated rings. The monoisotopic (exact) mass is 447 g/mol. The Labute approximate surface area is 175 Å². The van der Waals surface area contributed by atoms with Crippen molar-refractivity contribution in [2.75, 3.05) is 20.3 Å². The third-order valence-corrected chi connectivity index (χ3v) is 4.58. The molecule has 8 nitrogen and oxygen atoms in total. The maximum atomic E-state index is 14.6. The van der Waals surface area contributed by atoms with E-state index in [1.54, 1.807) is 6.92 Å². The van der Waals surface area contributed by atoms with Crippen molar-refractivity contribution in [3.8, 4) is 11.4 Å². The molecule has 0 saturated carbocycles. The third kappa shape index (κ3) is 5.57. The first kappa shape index (κ1) is 23.1. The Bertz CT molecular complexity index is 899. The first-order valence-corrected chi connectivity index (χ1v) is 9.52. The fourth-order valence-corrected chi connectivity index (χ4v) is 3.02. The van der Waals surface area contributed by atoms with Crippen LogP contribution >= 0.6 is 0 Å². The summed E-state index contributed by atoms with van der Waals surface area (Å²) in [6, 6.07) is 2.61. The molecule has 1 saturated heterocycles. The largest absolute Gasteiger partial charge is 0.471 e. The van der Waals surface area contributed by atoms with Crippen molar-refractivity contribution >= 4 is 5.91 Å². The number of benzene rings is 1. The fraction of sp³-hybridized carbons (Fsp3) is 0.526. The number of hydrogen-bond acceptors (Lipinski definition) is 7. The molecule has 0 N–H and O–H groups in total. The molecular weight excluding hydrogens is 426 g/mol. The SMILES string of the molecule is CON(C(=O)c1ccc(-c2noc(C(F)(F)F)n2)cc1F)C(C)COC1CCCCO1. The van der Waals surface area contributed by atoms with Gasteiger partial charge in [0, 0.05) is 12.2 Å². The van der Waals surface area contributed by atoms with E-state index in [1.165, 1.54) is 13.2 Å². The molecule has 1 aliphatic heterocycles. The van der Waals surface area contributed by atoms with E-state index in [-0.39, 0.29) is 24.0 Å². The van der Waals surface area contributed by atoms with Crippen LogP contribution < -0.4 is 0 Å². The van der Waals surface area contributed by atoms with Gasteiger partial charge in [-0.25, -0.2) is 9.45 Å². The minimum Gasteiger partial charge on any atom is -0.353 e. The van der Waals surface area contributed by atoms with E-state index in [2.05, 4.69) is 14.7 Å². The van der Waals surface area contributed by atoms with E-state index in [4.69, 9.17) is 14.3 Å². The zero-order chi connectivity index (χ0) is 22.6. The molecule has 1 aliphatic rings. The van der Waals surface area contributed by atoms with Gasteiger partial charge in [-0.15, -0.1) is 0 Å². The molecule has 0 aliphatic carbocycles. The standard InChI is InChI=1S/C19H21F4N3O5/c1-11(10-30-15-5-3-4-8-29-15)26(28-2)17(27)13-7-6-12(9-14(13)20)16-24-18(31-25-16)19(21,22)23/h6-7,9,11,15H,3-5,8,10H2,1-2H3. The quantitative estimate of drug-likeness (QED) is 0.471. The van der Waals surface area contributed by atoms with E-state index in [0.29, 0.717) is 6.61 Å². The van der Waals surface area contributed by atoms with Gasteiger partial charge in [-0.1, -0.05) is 11.2 Å². The van der Waals surface area contributed by atoms with E-state index in [1.807, 2.05) is 0 Å². The minimum atomic E-state index is -4.82. The number of carbonyl (C=O) groups excluding carboxylic acids is 1. The maximum absolute atomic E-state index is 14.6. The Kier molecular flexibility index (Phi) is 7.23. The second-order valence-corrected chi connectivity index (χ2v) is 6.91. The molecule has 12 heteroatoms. The number of carbonyl (C=O) groups is 1. The molecule has 1 aromatic carbocycles. The van der Waals surface area contributed by atoms with Crippen LogP contribution in [-0.2, 0) is 20.5 Å². The average Bonchev–Trinajstić information content (AvgIpc) is 3.24. The van der Waals surface area contributed by atoms with Crippen LogP contribution in [-0.4, -0.2) is 53.8 Å². The predicted octanol–water partition coefficient (Wildman–Crippen LogP) is 3.83. The third-order valence-electron chi connectivity index (χ3n) is 4.58. The van der Waals surface area contributed by atoms with Crippen LogP contribution in [0.3, 0.4) is 0 Å². The summed E-state index contributed by atoms with van der Waals surface area (Å²) in [6.07, 6.45) is -2.49. The summed E-state index contributed by atoms with van der Waals surface area (Å²) < 4.78 is 67.6. The smallest absolute Gasteiger partial charge is 0.353 e. The Morgan fingerprint density at radius 1 is 1.35 bits per heavy atom. The highest BCUT2D eigenvalue weighted by atomic mass is 19.4. The van der Waals surface area contributed by atoms with Gasteiger partial charge in [0.15, 0.2) is 6.29 Å². The van der Waals surface area contributed by atoms with Crippen molar-refractivity contribution in [3.63, 3.8) is 0 Å². The van der Waals surface area contributed by atoms with Gasteiger partial charge in [0.2, 0.25) is 5.82 Å². The zero-order valence-electron chi connectivity index (χ0n) is 16.8. The molecule has 2 unspecified atom stereocenters. The van der Waals surface area contributed by atoms with Crippen LogP contribution in [0.25, 0.3) is 11.4 Å². The molecule has 0 spiro atoms. The summed E-state index contributed by atoms with van der Waals surface area (Å²) in [7, 11) is 1.26. The number of ether oxygens (including phenoxy) is 2. The summed E-state index contributed by atoms with van der Waals surface area (Å²) in [5.41, 5.74) is -0.422. The van der Waals surface area contributed by atoms with E-state index >= 15 is 0 Å². The van der Waals surface area contributed by atoms with Crippen molar-refractivity contribution in [2.24, 2.45) is 0 Å². The molecule has 1 amide bonds. The van der Waals surface area contributed by atoms with Gasteiger partial charge < -0.3 is 14.0 Å². The Morgan fingerprint density at radius 3 is 2.71 bits per heavy atom. The first-order valence-electron chi connectivity index (χ1n) is 9.52. The number of rotatable bonds is 7. The van der Waals surface area contributed by atoms with Crippen LogP contribution in [0, 0.1) is 5.82 Å². The van der Waals surface area contributed by atoms with E-state index in [9.17, 15) is 22.4 Å². The van der Waals surface area contributed by atoms with Gasteiger partial charge in [0.1, 0.15) is 5.82 Å². The molecule has 2 atom stereocenters. The zero-order valence-corrected chi connectivity index (χ0v) is 16.8. The normalized spacial score (nSPS) is 18.1. The first-order chi connectivity index (χ1) is 14.7.